The van der Waals surface area contributed by atoms with Gasteiger partial charge >= 0.3 is 5.97 Å². The Morgan fingerprint density at radius 3 is 2.64 bits per heavy atom. The van der Waals surface area contributed by atoms with E-state index in [-0.39, 0.29) is 19.1 Å². The van der Waals surface area contributed by atoms with Crippen LogP contribution in [-0.4, -0.2) is 48.7 Å². The number of halogens is 1. The highest BCUT2D eigenvalue weighted by molar-refractivity contribution is 9.10. The number of hydrogen-bond donors (Lipinski definition) is 1. The highest BCUT2D eigenvalue weighted by atomic mass is 79.9. The lowest BCUT2D eigenvalue weighted by molar-refractivity contribution is -0.151. The lowest BCUT2D eigenvalue weighted by Gasteiger charge is -2.24. The van der Waals surface area contributed by atoms with Crippen LogP contribution in [0.2, 0.25) is 0 Å². The van der Waals surface area contributed by atoms with E-state index < -0.39 is 11.4 Å². The summed E-state index contributed by atoms with van der Waals surface area (Å²) >= 11 is 3.45. The summed E-state index contributed by atoms with van der Waals surface area (Å²) in [4.78, 5) is 25.9. The third kappa shape index (κ3) is 3.03. The number of benzene rings is 1. The number of carboxylic acid groups (broad SMARTS) is 1. The van der Waals surface area contributed by atoms with E-state index >= 15 is 0 Å². The zero-order chi connectivity index (χ0) is 16.5. The number of ether oxygens (including phenoxy) is 1. The molecule has 1 amide bonds. The second-order valence-electron chi connectivity index (χ2n) is 5.91. The van der Waals surface area contributed by atoms with Gasteiger partial charge in [-0.2, -0.15) is 0 Å². The van der Waals surface area contributed by atoms with E-state index in [1.54, 1.807) is 4.90 Å². The first kappa shape index (κ1) is 17.0. The first-order valence-corrected chi connectivity index (χ1v) is 7.88. The molecule has 0 aliphatic carbocycles. The van der Waals surface area contributed by atoms with Gasteiger partial charge in [-0.3, -0.25) is 9.59 Å². The Kier molecular flexibility index (Phi) is 4.92. The molecular formula is C16H20BrNO4. The van der Waals surface area contributed by atoms with Crippen LogP contribution in [0.5, 0.6) is 0 Å². The van der Waals surface area contributed by atoms with Crippen molar-refractivity contribution < 1.29 is 19.4 Å². The summed E-state index contributed by atoms with van der Waals surface area (Å²) in [5.74, 6) is -1.03. The number of carbonyl (C=O) groups is 2. The third-order valence-corrected chi connectivity index (χ3v) is 5.11. The van der Waals surface area contributed by atoms with Gasteiger partial charge in [0.05, 0.1) is 6.61 Å². The second kappa shape index (κ2) is 6.38. The number of likely N-dealkylation sites (tertiary alicyclic amines) is 1. The number of aliphatic carboxylic acids is 1. The molecule has 0 spiro atoms. The molecule has 0 bridgehead atoms. The SMILES string of the molecule is COCC1(C(=O)O)CCN(C(=O)c2cc(C)c(Br)cc2C)C1. The molecule has 1 fully saturated rings. The molecule has 1 saturated heterocycles. The summed E-state index contributed by atoms with van der Waals surface area (Å²) in [6.45, 7) is 4.54. The summed E-state index contributed by atoms with van der Waals surface area (Å²) in [5, 5.41) is 9.48. The van der Waals surface area contributed by atoms with Crippen LogP contribution < -0.4 is 0 Å². The van der Waals surface area contributed by atoms with Gasteiger partial charge in [-0.05, 0) is 43.5 Å². The fourth-order valence-corrected chi connectivity index (χ4v) is 3.32. The Morgan fingerprint density at radius 1 is 1.36 bits per heavy atom. The summed E-state index contributed by atoms with van der Waals surface area (Å²) in [5.41, 5.74) is 1.49. The van der Waals surface area contributed by atoms with Gasteiger partial charge in [0.2, 0.25) is 0 Å². The van der Waals surface area contributed by atoms with Crippen molar-refractivity contribution >= 4 is 27.8 Å². The van der Waals surface area contributed by atoms with Crippen molar-refractivity contribution in [3.63, 3.8) is 0 Å². The first-order chi connectivity index (χ1) is 10.3. The topological polar surface area (TPSA) is 66.8 Å². The van der Waals surface area contributed by atoms with E-state index in [0.717, 1.165) is 15.6 Å². The molecule has 1 aromatic rings. The van der Waals surface area contributed by atoms with Gasteiger partial charge in [-0.25, -0.2) is 0 Å². The van der Waals surface area contributed by atoms with E-state index in [1.165, 1.54) is 7.11 Å². The molecule has 1 unspecified atom stereocenters. The standard InChI is InChI=1S/C16H20BrNO4/c1-10-7-13(17)11(2)6-12(10)14(19)18-5-4-16(8-18,9-22-3)15(20)21/h6-7H,4-5,8-9H2,1-3H3,(H,20,21). The van der Waals surface area contributed by atoms with Gasteiger partial charge in [-0.1, -0.05) is 15.9 Å². The van der Waals surface area contributed by atoms with E-state index in [9.17, 15) is 14.7 Å². The minimum Gasteiger partial charge on any atom is -0.481 e. The molecule has 1 heterocycles. The molecule has 5 nitrogen and oxygen atoms in total. The Bertz CT molecular complexity index is 616. The van der Waals surface area contributed by atoms with Crippen LogP contribution in [0.15, 0.2) is 16.6 Å². The average molecular weight is 370 g/mol. The summed E-state index contributed by atoms with van der Waals surface area (Å²) in [6, 6.07) is 3.76. The van der Waals surface area contributed by atoms with Crippen molar-refractivity contribution in [3.05, 3.63) is 33.3 Å². The molecule has 1 aliphatic heterocycles. The molecule has 1 aliphatic rings. The zero-order valence-corrected chi connectivity index (χ0v) is 14.6. The number of methoxy groups -OCH3 is 1. The first-order valence-electron chi connectivity index (χ1n) is 7.09. The third-order valence-electron chi connectivity index (χ3n) is 4.25. The van der Waals surface area contributed by atoms with Crippen molar-refractivity contribution in [2.75, 3.05) is 26.8 Å². The molecule has 2 rings (SSSR count). The largest absolute Gasteiger partial charge is 0.481 e. The fraction of sp³-hybridized carbons (Fsp3) is 0.500. The maximum Gasteiger partial charge on any atom is 0.313 e. The van der Waals surface area contributed by atoms with E-state index in [0.29, 0.717) is 18.5 Å². The van der Waals surface area contributed by atoms with Crippen molar-refractivity contribution in [1.29, 1.82) is 0 Å². The van der Waals surface area contributed by atoms with Crippen LogP contribution in [0, 0.1) is 19.3 Å². The smallest absolute Gasteiger partial charge is 0.313 e. The number of hydrogen-bond acceptors (Lipinski definition) is 3. The van der Waals surface area contributed by atoms with Gasteiger partial charge in [0.15, 0.2) is 0 Å². The lowest BCUT2D eigenvalue weighted by Crippen LogP contribution is -2.40. The molecule has 1 aromatic carbocycles. The number of carbonyl (C=O) groups excluding carboxylic acids is 1. The summed E-state index contributed by atoms with van der Waals surface area (Å²) < 4.78 is 6.02. The predicted octanol–water partition coefficient (Wildman–Crippen LogP) is 2.63. The molecule has 22 heavy (non-hydrogen) atoms. The van der Waals surface area contributed by atoms with Crippen molar-refractivity contribution in [2.24, 2.45) is 5.41 Å². The van der Waals surface area contributed by atoms with E-state index in [2.05, 4.69) is 15.9 Å². The van der Waals surface area contributed by atoms with Gasteiger partial charge < -0.3 is 14.7 Å². The quantitative estimate of drug-likeness (QED) is 0.885. The summed E-state index contributed by atoms with van der Waals surface area (Å²) in [7, 11) is 1.48. The Balaban J connectivity index is 2.25. The van der Waals surface area contributed by atoms with Gasteiger partial charge in [0, 0.05) is 30.2 Å². The number of amides is 1. The maximum atomic E-state index is 12.7. The molecule has 0 radical (unpaired) electrons. The van der Waals surface area contributed by atoms with E-state index in [4.69, 9.17) is 4.74 Å². The second-order valence-corrected chi connectivity index (χ2v) is 6.77. The molecule has 0 aromatic heterocycles. The van der Waals surface area contributed by atoms with Crippen molar-refractivity contribution in [1.82, 2.24) is 4.90 Å². The molecule has 1 atom stereocenters. The van der Waals surface area contributed by atoms with Crippen LogP contribution in [0.3, 0.4) is 0 Å². The van der Waals surface area contributed by atoms with Crippen LogP contribution >= 0.6 is 15.9 Å². The highest BCUT2D eigenvalue weighted by Gasteiger charge is 2.46. The number of aryl methyl sites for hydroxylation is 2. The number of nitrogens with zero attached hydrogens (tertiary/aromatic N) is 1. The molecule has 1 N–H and O–H groups in total. The normalized spacial score (nSPS) is 21.2. The van der Waals surface area contributed by atoms with Gasteiger partial charge in [0.1, 0.15) is 5.41 Å². The van der Waals surface area contributed by atoms with Crippen LogP contribution in [-0.2, 0) is 9.53 Å². The molecule has 120 valence electrons. The van der Waals surface area contributed by atoms with E-state index in [1.807, 2.05) is 26.0 Å². The summed E-state index contributed by atoms with van der Waals surface area (Å²) in [6.07, 6.45) is 0.413. The minimum atomic E-state index is -0.997. The van der Waals surface area contributed by atoms with Gasteiger partial charge in [0.25, 0.3) is 5.91 Å². The molecule has 0 saturated carbocycles. The number of rotatable bonds is 4. The fourth-order valence-electron chi connectivity index (χ4n) is 2.86. The van der Waals surface area contributed by atoms with Gasteiger partial charge in [-0.15, -0.1) is 0 Å². The van der Waals surface area contributed by atoms with Crippen LogP contribution in [0.1, 0.15) is 27.9 Å². The lowest BCUT2D eigenvalue weighted by atomic mass is 9.88. The van der Waals surface area contributed by atoms with Crippen LogP contribution in [0.4, 0.5) is 0 Å². The zero-order valence-electron chi connectivity index (χ0n) is 13.0. The highest BCUT2D eigenvalue weighted by Crippen LogP contribution is 2.33. The monoisotopic (exact) mass is 369 g/mol. The van der Waals surface area contributed by atoms with Crippen LogP contribution in [0.25, 0.3) is 0 Å². The van der Waals surface area contributed by atoms with Crippen molar-refractivity contribution in [2.45, 2.75) is 20.3 Å². The predicted molar refractivity (Wildman–Crippen MR) is 86.1 cm³/mol. The molecular weight excluding hydrogens is 350 g/mol. The van der Waals surface area contributed by atoms with Crippen molar-refractivity contribution in [3.8, 4) is 0 Å². The number of carboxylic acids is 1. The average Bonchev–Trinajstić information content (AvgIpc) is 2.88. The minimum absolute atomic E-state index is 0.116. The molecule has 6 heteroatoms. The Morgan fingerprint density at radius 2 is 2.05 bits per heavy atom. The Labute approximate surface area is 138 Å². The Hall–Kier alpha value is -1.40. The maximum absolute atomic E-state index is 12.7.